The van der Waals surface area contributed by atoms with E-state index in [1.54, 1.807) is 0 Å². The van der Waals surface area contributed by atoms with Gasteiger partial charge in [-0.1, -0.05) is 29.8 Å². The lowest BCUT2D eigenvalue weighted by Crippen LogP contribution is -2.39. The first-order valence-electron chi connectivity index (χ1n) is 6.74. The lowest BCUT2D eigenvalue weighted by atomic mass is 10.0. The van der Waals surface area contributed by atoms with Crippen LogP contribution in [-0.2, 0) is 19.4 Å². The third-order valence-corrected chi connectivity index (χ3v) is 3.41. The van der Waals surface area contributed by atoms with Crippen LogP contribution in [-0.4, -0.2) is 15.6 Å². The predicted molar refractivity (Wildman–Crippen MR) is 77.6 cm³/mol. The molecule has 0 bridgehead atoms. The fraction of sp³-hybridized carbons (Fsp3) is 0.400. The minimum atomic E-state index is 0.204. The zero-order valence-corrected chi connectivity index (χ0v) is 11.6. The molecule has 4 heteroatoms. The van der Waals surface area contributed by atoms with Crippen LogP contribution < -0.4 is 11.3 Å². The normalized spacial score (nSPS) is 12.6. The molecule has 1 aromatic carbocycles. The number of hydrogen-bond acceptors (Lipinski definition) is 3. The first kappa shape index (κ1) is 13.8. The van der Waals surface area contributed by atoms with Crippen molar-refractivity contribution in [3.63, 3.8) is 0 Å². The molecule has 102 valence electrons. The third-order valence-electron chi connectivity index (χ3n) is 3.41. The van der Waals surface area contributed by atoms with Crippen molar-refractivity contribution in [2.24, 2.45) is 5.84 Å². The highest BCUT2D eigenvalue weighted by atomic mass is 15.2. The van der Waals surface area contributed by atoms with Crippen LogP contribution in [0.1, 0.15) is 23.9 Å². The molecule has 2 rings (SSSR count). The number of hydrazine groups is 1. The Hall–Kier alpha value is -1.65. The summed E-state index contributed by atoms with van der Waals surface area (Å²) in [5, 5.41) is 0. The lowest BCUT2D eigenvalue weighted by molar-refractivity contribution is 0.499. The summed E-state index contributed by atoms with van der Waals surface area (Å²) in [4.78, 5) is 4.40. The van der Waals surface area contributed by atoms with Crippen LogP contribution in [0.2, 0.25) is 0 Å². The molecular formula is C15H22N4. The van der Waals surface area contributed by atoms with E-state index in [4.69, 9.17) is 5.84 Å². The SMILES string of the molecule is CCn1ccnc1CC(Cc1ccc(C)cc1)NN. The average molecular weight is 258 g/mol. The minimum absolute atomic E-state index is 0.204. The molecule has 0 saturated carbocycles. The molecule has 0 amide bonds. The van der Waals surface area contributed by atoms with E-state index in [1.165, 1.54) is 11.1 Å². The van der Waals surface area contributed by atoms with Crippen molar-refractivity contribution in [2.75, 3.05) is 0 Å². The molecule has 0 aliphatic carbocycles. The third kappa shape index (κ3) is 3.66. The Bertz CT molecular complexity index is 501. The van der Waals surface area contributed by atoms with Gasteiger partial charge in [0, 0.05) is 31.4 Å². The van der Waals surface area contributed by atoms with Crippen molar-refractivity contribution in [3.8, 4) is 0 Å². The standard InChI is InChI=1S/C15H22N4/c1-3-19-9-8-17-15(19)11-14(18-16)10-13-6-4-12(2)5-7-13/h4-9,14,18H,3,10-11,16H2,1-2H3. The summed E-state index contributed by atoms with van der Waals surface area (Å²) in [6.07, 6.45) is 5.60. The average Bonchev–Trinajstić information content (AvgIpc) is 2.87. The molecular weight excluding hydrogens is 236 g/mol. The zero-order chi connectivity index (χ0) is 13.7. The van der Waals surface area contributed by atoms with Crippen LogP contribution in [0.15, 0.2) is 36.7 Å². The smallest absolute Gasteiger partial charge is 0.110 e. The molecule has 0 aliphatic rings. The van der Waals surface area contributed by atoms with Crippen molar-refractivity contribution in [1.29, 1.82) is 0 Å². The Kier molecular flexibility index (Phi) is 4.71. The summed E-state index contributed by atoms with van der Waals surface area (Å²) >= 11 is 0. The molecule has 19 heavy (non-hydrogen) atoms. The Morgan fingerprint density at radius 3 is 2.63 bits per heavy atom. The van der Waals surface area contributed by atoms with Gasteiger partial charge in [-0.25, -0.2) is 4.98 Å². The van der Waals surface area contributed by atoms with Gasteiger partial charge in [-0.3, -0.25) is 11.3 Å². The summed E-state index contributed by atoms with van der Waals surface area (Å²) in [7, 11) is 0. The summed E-state index contributed by atoms with van der Waals surface area (Å²) in [6, 6.07) is 8.79. The van der Waals surface area contributed by atoms with Gasteiger partial charge in [0.05, 0.1) is 0 Å². The fourth-order valence-corrected chi connectivity index (χ4v) is 2.24. The van der Waals surface area contributed by atoms with Crippen molar-refractivity contribution < 1.29 is 0 Å². The first-order chi connectivity index (χ1) is 9.22. The topological polar surface area (TPSA) is 55.9 Å². The molecule has 2 aromatic rings. The van der Waals surface area contributed by atoms with Crippen molar-refractivity contribution >= 4 is 0 Å². The Balaban J connectivity index is 2.02. The molecule has 0 radical (unpaired) electrons. The number of nitrogens with two attached hydrogens (primary N) is 1. The molecule has 1 atom stereocenters. The number of benzene rings is 1. The molecule has 0 spiro atoms. The number of nitrogens with zero attached hydrogens (tertiary/aromatic N) is 2. The molecule has 3 N–H and O–H groups in total. The molecule has 1 heterocycles. The van der Waals surface area contributed by atoms with Crippen LogP contribution >= 0.6 is 0 Å². The molecule has 0 fully saturated rings. The van der Waals surface area contributed by atoms with Crippen molar-refractivity contribution in [2.45, 2.75) is 39.3 Å². The number of aryl methyl sites for hydroxylation is 2. The van der Waals surface area contributed by atoms with E-state index in [9.17, 15) is 0 Å². The zero-order valence-electron chi connectivity index (χ0n) is 11.6. The van der Waals surface area contributed by atoms with Crippen LogP contribution in [0.5, 0.6) is 0 Å². The van der Waals surface area contributed by atoms with Gasteiger partial charge < -0.3 is 4.57 Å². The second-order valence-electron chi connectivity index (χ2n) is 4.89. The van der Waals surface area contributed by atoms with E-state index in [1.807, 2.05) is 12.4 Å². The fourth-order valence-electron chi connectivity index (χ4n) is 2.24. The van der Waals surface area contributed by atoms with E-state index in [2.05, 4.69) is 53.1 Å². The minimum Gasteiger partial charge on any atom is -0.335 e. The second kappa shape index (κ2) is 6.50. The van der Waals surface area contributed by atoms with Gasteiger partial charge in [-0.15, -0.1) is 0 Å². The number of hydrogen-bond donors (Lipinski definition) is 2. The van der Waals surface area contributed by atoms with Gasteiger partial charge >= 0.3 is 0 Å². The molecule has 1 unspecified atom stereocenters. The number of nitrogens with one attached hydrogen (secondary N) is 1. The van der Waals surface area contributed by atoms with E-state index in [0.29, 0.717) is 0 Å². The molecule has 0 aliphatic heterocycles. The highest BCUT2D eigenvalue weighted by molar-refractivity contribution is 5.22. The van der Waals surface area contributed by atoms with E-state index in [-0.39, 0.29) is 6.04 Å². The maximum Gasteiger partial charge on any atom is 0.110 e. The number of aromatic nitrogens is 2. The highest BCUT2D eigenvalue weighted by Crippen LogP contribution is 2.09. The summed E-state index contributed by atoms with van der Waals surface area (Å²) in [5.41, 5.74) is 5.48. The van der Waals surface area contributed by atoms with Gasteiger partial charge in [0.2, 0.25) is 0 Å². The second-order valence-corrected chi connectivity index (χ2v) is 4.89. The van der Waals surface area contributed by atoms with Crippen LogP contribution in [0, 0.1) is 6.92 Å². The largest absolute Gasteiger partial charge is 0.335 e. The molecule has 4 nitrogen and oxygen atoms in total. The Morgan fingerprint density at radius 2 is 2.00 bits per heavy atom. The monoisotopic (exact) mass is 258 g/mol. The first-order valence-corrected chi connectivity index (χ1v) is 6.74. The van der Waals surface area contributed by atoms with E-state index in [0.717, 1.165) is 25.2 Å². The maximum absolute atomic E-state index is 5.67. The number of rotatable bonds is 6. The Labute approximate surface area is 114 Å². The summed E-state index contributed by atoms with van der Waals surface area (Å²) < 4.78 is 2.15. The van der Waals surface area contributed by atoms with Crippen molar-refractivity contribution in [3.05, 3.63) is 53.6 Å². The van der Waals surface area contributed by atoms with Gasteiger partial charge in [0.1, 0.15) is 5.82 Å². The highest BCUT2D eigenvalue weighted by Gasteiger charge is 2.12. The number of imidazole rings is 1. The Morgan fingerprint density at radius 1 is 1.26 bits per heavy atom. The van der Waals surface area contributed by atoms with E-state index >= 15 is 0 Å². The predicted octanol–water partition coefficient (Wildman–Crippen LogP) is 1.83. The maximum atomic E-state index is 5.67. The lowest BCUT2D eigenvalue weighted by Gasteiger charge is -2.16. The van der Waals surface area contributed by atoms with Crippen molar-refractivity contribution in [1.82, 2.24) is 15.0 Å². The van der Waals surface area contributed by atoms with Gasteiger partial charge in [0.25, 0.3) is 0 Å². The quantitative estimate of drug-likeness (QED) is 0.614. The van der Waals surface area contributed by atoms with E-state index < -0.39 is 0 Å². The van der Waals surface area contributed by atoms with Gasteiger partial charge in [0.15, 0.2) is 0 Å². The van der Waals surface area contributed by atoms with Gasteiger partial charge in [-0.05, 0) is 25.8 Å². The van der Waals surface area contributed by atoms with Crippen LogP contribution in [0.25, 0.3) is 0 Å². The molecule has 0 saturated heterocycles. The van der Waals surface area contributed by atoms with Crippen LogP contribution in [0.4, 0.5) is 0 Å². The summed E-state index contributed by atoms with van der Waals surface area (Å²) in [5.74, 6) is 6.75. The molecule has 1 aromatic heterocycles. The summed E-state index contributed by atoms with van der Waals surface area (Å²) in [6.45, 7) is 5.16. The van der Waals surface area contributed by atoms with Crippen LogP contribution in [0.3, 0.4) is 0 Å². The van der Waals surface area contributed by atoms with Gasteiger partial charge in [-0.2, -0.15) is 0 Å².